The average Bonchev–Trinajstić information content (AvgIpc) is 3.35. The van der Waals surface area contributed by atoms with Gasteiger partial charge >= 0.3 is 12.2 Å². The predicted octanol–water partition coefficient (Wildman–Crippen LogP) is 6.31. The van der Waals surface area contributed by atoms with Crippen molar-refractivity contribution in [2.75, 3.05) is 5.32 Å². The number of halogens is 3. The number of nitrogens with zero attached hydrogens (tertiary/aromatic N) is 6. The maximum absolute atomic E-state index is 12.8. The fourth-order valence-corrected chi connectivity index (χ4v) is 4.32. The number of fused-ring (bicyclic) bond motifs is 3. The zero-order chi connectivity index (χ0) is 27.6. The summed E-state index contributed by atoms with van der Waals surface area (Å²) in [5.41, 5.74) is 3.18. The molecule has 0 unspecified atom stereocenters. The van der Waals surface area contributed by atoms with Gasteiger partial charge in [-0.3, -0.25) is 9.29 Å². The van der Waals surface area contributed by atoms with Crippen molar-refractivity contribution in [2.45, 2.75) is 25.9 Å². The number of anilines is 1. The molecule has 2 N–H and O–H groups in total. The van der Waals surface area contributed by atoms with Crippen molar-refractivity contribution in [2.24, 2.45) is 4.40 Å². The first-order valence-corrected chi connectivity index (χ1v) is 12.5. The molecule has 198 valence electrons. The maximum Gasteiger partial charge on any atom is 0.435 e. The van der Waals surface area contributed by atoms with Gasteiger partial charge in [-0.05, 0) is 53.9 Å². The number of urea groups is 1. The summed E-state index contributed by atoms with van der Waals surface area (Å²) in [6, 6.07) is 16.4. The van der Waals surface area contributed by atoms with Gasteiger partial charge in [-0.2, -0.15) is 13.2 Å². The third-order valence-corrected chi connectivity index (χ3v) is 6.29. The number of aromatic nitrogens is 5. The largest absolute Gasteiger partial charge is 0.435 e. The summed E-state index contributed by atoms with van der Waals surface area (Å²) < 4.78 is 46.8. The van der Waals surface area contributed by atoms with Crippen LogP contribution in [0.4, 0.5) is 23.7 Å². The standard InChI is InChI=1S/C26H21F3N8OS/c1-15(2)17-5-3-4-6-19(17)33-25(38)36-39-31-13-16-7-8-18-20(32-16)9-10-21-24(18)30-14-37(21)23-12-11-22(34-35-23)26(27,28)29/h3-15H,1-2H3,(H2,33,36,38). The molecule has 0 aliphatic rings. The molecule has 0 spiro atoms. The van der Waals surface area contributed by atoms with E-state index in [0.29, 0.717) is 22.2 Å². The highest BCUT2D eigenvalue weighted by Gasteiger charge is 2.33. The number of carbonyl (C=O) groups excluding carboxylic acids is 1. The summed E-state index contributed by atoms with van der Waals surface area (Å²) in [6.45, 7) is 4.11. The Bertz CT molecular complexity index is 1680. The number of carbonyl (C=O) groups is 1. The molecule has 2 aromatic carbocycles. The summed E-state index contributed by atoms with van der Waals surface area (Å²) in [6.07, 6.45) is -1.57. The third-order valence-electron chi connectivity index (χ3n) is 5.80. The molecule has 0 fully saturated rings. The number of imidazole rings is 1. The van der Waals surface area contributed by atoms with Crippen LogP contribution in [0.25, 0.3) is 27.8 Å². The van der Waals surface area contributed by atoms with Crippen LogP contribution in [0, 0.1) is 0 Å². The minimum absolute atomic E-state index is 0.211. The summed E-state index contributed by atoms with van der Waals surface area (Å²) in [5, 5.41) is 10.6. The van der Waals surface area contributed by atoms with E-state index >= 15 is 0 Å². The quantitative estimate of drug-likeness (QED) is 0.189. The molecule has 0 radical (unpaired) electrons. The smallest absolute Gasteiger partial charge is 0.307 e. The van der Waals surface area contributed by atoms with Gasteiger partial charge in [0.1, 0.15) is 6.33 Å². The molecule has 2 amide bonds. The van der Waals surface area contributed by atoms with E-state index in [-0.39, 0.29) is 11.7 Å². The van der Waals surface area contributed by atoms with Crippen molar-refractivity contribution >= 4 is 52.0 Å². The molecule has 0 aliphatic carbocycles. The molecule has 0 aliphatic heterocycles. The van der Waals surface area contributed by atoms with E-state index in [2.05, 4.69) is 48.4 Å². The Morgan fingerprint density at radius 1 is 1.05 bits per heavy atom. The van der Waals surface area contributed by atoms with Crippen LogP contribution < -0.4 is 10.0 Å². The molecule has 39 heavy (non-hydrogen) atoms. The van der Waals surface area contributed by atoms with Crippen LogP contribution in [0.2, 0.25) is 0 Å². The van der Waals surface area contributed by atoms with Gasteiger partial charge in [-0.15, -0.1) is 10.2 Å². The first kappa shape index (κ1) is 26.1. The van der Waals surface area contributed by atoms with Crippen molar-refractivity contribution in [3.05, 3.63) is 83.9 Å². The zero-order valence-electron chi connectivity index (χ0n) is 20.6. The minimum Gasteiger partial charge on any atom is -0.307 e. The number of pyridine rings is 1. The Kier molecular flexibility index (Phi) is 7.15. The number of alkyl halides is 3. The lowest BCUT2D eigenvalue weighted by atomic mass is 10.0. The molecule has 3 aromatic heterocycles. The zero-order valence-corrected chi connectivity index (χ0v) is 21.5. The van der Waals surface area contributed by atoms with Crippen LogP contribution >= 0.6 is 12.1 Å². The summed E-state index contributed by atoms with van der Waals surface area (Å²) in [7, 11) is 0. The van der Waals surface area contributed by atoms with E-state index in [1.807, 2.05) is 30.3 Å². The number of rotatable bonds is 6. The fraction of sp³-hybridized carbons (Fsp3) is 0.154. The van der Waals surface area contributed by atoms with E-state index in [9.17, 15) is 18.0 Å². The number of benzene rings is 2. The number of amides is 2. The van der Waals surface area contributed by atoms with Crippen molar-refractivity contribution in [3.8, 4) is 5.82 Å². The second kappa shape index (κ2) is 10.7. The molecular weight excluding hydrogens is 529 g/mol. The molecule has 13 heteroatoms. The molecule has 9 nitrogen and oxygen atoms in total. The summed E-state index contributed by atoms with van der Waals surface area (Å²) in [4.78, 5) is 21.2. The molecule has 0 saturated heterocycles. The van der Waals surface area contributed by atoms with E-state index in [1.54, 1.807) is 22.8 Å². The van der Waals surface area contributed by atoms with Gasteiger partial charge in [0, 0.05) is 11.1 Å². The second-order valence-electron chi connectivity index (χ2n) is 8.75. The lowest BCUT2D eigenvalue weighted by molar-refractivity contribution is -0.141. The van der Waals surface area contributed by atoms with Crippen LogP contribution in [-0.2, 0) is 6.18 Å². The average molecular weight is 551 g/mol. The maximum atomic E-state index is 12.8. The Labute approximate surface area is 224 Å². The molecule has 5 rings (SSSR count). The van der Waals surface area contributed by atoms with E-state index < -0.39 is 17.9 Å². The van der Waals surface area contributed by atoms with Gasteiger partial charge in [0.25, 0.3) is 0 Å². The Morgan fingerprint density at radius 2 is 1.87 bits per heavy atom. The van der Waals surface area contributed by atoms with Crippen molar-refractivity contribution in [3.63, 3.8) is 0 Å². The Balaban J connectivity index is 1.27. The van der Waals surface area contributed by atoms with Crippen LogP contribution in [0.3, 0.4) is 0 Å². The monoisotopic (exact) mass is 550 g/mol. The second-order valence-corrected chi connectivity index (χ2v) is 9.35. The Hall–Kier alpha value is -4.52. The van der Waals surface area contributed by atoms with E-state index in [4.69, 9.17) is 0 Å². The topological polar surface area (TPSA) is 110 Å². The van der Waals surface area contributed by atoms with Crippen LogP contribution in [0.1, 0.15) is 36.7 Å². The van der Waals surface area contributed by atoms with Gasteiger partial charge in [0.05, 0.1) is 40.6 Å². The van der Waals surface area contributed by atoms with Gasteiger partial charge in [-0.25, -0.2) is 19.2 Å². The van der Waals surface area contributed by atoms with Gasteiger partial charge in [-0.1, -0.05) is 32.0 Å². The highest BCUT2D eigenvalue weighted by Crippen LogP contribution is 2.29. The van der Waals surface area contributed by atoms with Gasteiger partial charge < -0.3 is 5.32 Å². The Morgan fingerprint density at radius 3 is 2.62 bits per heavy atom. The van der Waals surface area contributed by atoms with Crippen LogP contribution in [-0.4, -0.2) is 37.0 Å². The number of hydrogen-bond donors (Lipinski definition) is 2. The molecule has 0 atom stereocenters. The molecular formula is C26H21F3N8OS. The summed E-state index contributed by atoms with van der Waals surface area (Å²) >= 11 is 0.869. The third kappa shape index (κ3) is 5.67. The molecule has 5 aromatic rings. The lowest BCUT2D eigenvalue weighted by Crippen LogP contribution is -2.23. The van der Waals surface area contributed by atoms with Crippen molar-refractivity contribution < 1.29 is 18.0 Å². The van der Waals surface area contributed by atoms with E-state index in [1.165, 1.54) is 18.6 Å². The minimum atomic E-state index is -4.56. The molecule has 0 bridgehead atoms. The molecule has 0 saturated carbocycles. The van der Waals surface area contributed by atoms with Gasteiger partial charge in [0.15, 0.2) is 11.5 Å². The van der Waals surface area contributed by atoms with E-state index in [0.717, 1.165) is 34.8 Å². The predicted molar refractivity (Wildman–Crippen MR) is 145 cm³/mol. The van der Waals surface area contributed by atoms with Gasteiger partial charge in [0.2, 0.25) is 0 Å². The molecule has 3 heterocycles. The van der Waals surface area contributed by atoms with Crippen LogP contribution in [0.5, 0.6) is 0 Å². The highest BCUT2D eigenvalue weighted by molar-refractivity contribution is 7.96. The first-order valence-electron chi connectivity index (χ1n) is 11.7. The van der Waals surface area contributed by atoms with Crippen molar-refractivity contribution in [1.82, 2.24) is 29.5 Å². The normalized spacial score (nSPS) is 12.1. The van der Waals surface area contributed by atoms with Crippen LogP contribution in [0.15, 0.2) is 71.4 Å². The highest BCUT2D eigenvalue weighted by atomic mass is 32.2. The van der Waals surface area contributed by atoms with Crippen molar-refractivity contribution in [1.29, 1.82) is 0 Å². The first-order chi connectivity index (χ1) is 18.7. The number of nitrogens with one attached hydrogen (secondary N) is 2. The SMILES string of the molecule is CC(C)c1ccccc1NC(=O)NSN=Cc1ccc2c(ccc3c2ncn3-c2ccc(C(F)(F)F)nn2)n1. The lowest BCUT2D eigenvalue weighted by Gasteiger charge is -2.13. The number of hydrogen-bond acceptors (Lipinski definition) is 7. The fourth-order valence-electron chi connectivity index (χ4n) is 3.97. The number of para-hydroxylation sites is 1. The summed E-state index contributed by atoms with van der Waals surface area (Å²) in [5.74, 6) is 0.474.